The Bertz CT molecular complexity index is 719. The van der Waals surface area contributed by atoms with E-state index in [4.69, 9.17) is 0 Å². The molecule has 2 aromatic rings. The molecule has 1 N–H and O–H groups in total. The standard InChI is InChI=1S/C18H16F3NO2/c1-12-2-4-13(5-3-12)16(23)10-11-17(24)22-15-8-6-14(7-9-15)18(19,20)21/h2-9H,10-11H2,1H3,(H,22,24). The summed E-state index contributed by atoms with van der Waals surface area (Å²) < 4.78 is 37.4. The maximum atomic E-state index is 12.5. The third-order valence-corrected chi connectivity index (χ3v) is 3.45. The van der Waals surface area contributed by atoms with Crippen LogP contribution >= 0.6 is 0 Å². The molecule has 0 aromatic heterocycles. The summed E-state index contributed by atoms with van der Waals surface area (Å²) in [6, 6.07) is 11.2. The molecular weight excluding hydrogens is 319 g/mol. The Labute approximate surface area is 137 Å². The molecule has 0 spiro atoms. The van der Waals surface area contributed by atoms with Gasteiger partial charge in [-0.25, -0.2) is 0 Å². The quantitative estimate of drug-likeness (QED) is 0.811. The van der Waals surface area contributed by atoms with Crippen molar-refractivity contribution in [3.63, 3.8) is 0 Å². The summed E-state index contributed by atoms with van der Waals surface area (Å²) in [5.41, 5.74) is 1.04. The van der Waals surface area contributed by atoms with Crippen molar-refractivity contribution in [2.24, 2.45) is 0 Å². The van der Waals surface area contributed by atoms with Crippen LogP contribution in [0.25, 0.3) is 0 Å². The minimum Gasteiger partial charge on any atom is -0.326 e. The molecule has 0 radical (unpaired) electrons. The van der Waals surface area contributed by atoms with Crippen LogP contribution < -0.4 is 5.32 Å². The van der Waals surface area contributed by atoms with Crippen molar-refractivity contribution in [2.75, 3.05) is 5.32 Å². The Balaban J connectivity index is 1.87. The summed E-state index contributed by atoms with van der Waals surface area (Å²) in [5, 5.41) is 2.48. The number of amides is 1. The zero-order valence-electron chi connectivity index (χ0n) is 13.0. The van der Waals surface area contributed by atoms with Crippen molar-refractivity contribution < 1.29 is 22.8 Å². The van der Waals surface area contributed by atoms with Crippen molar-refractivity contribution in [3.8, 4) is 0 Å². The van der Waals surface area contributed by atoms with Crippen LogP contribution in [0.4, 0.5) is 18.9 Å². The normalized spacial score (nSPS) is 11.2. The Kier molecular flexibility index (Phi) is 5.39. The lowest BCUT2D eigenvalue weighted by Gasteiger charge is -2.08. The van der Waals surface area contributed by atoms with E-state index in [1.165, 1.54) is 12.1 Å². The first-order valence-corrected chi connectivity index (χ1v) is 7.33. The average molecular weight is 335 g/mol. The number of alkyl halides is 3. The monoisotopic (exact) mass is 335 g/mol. The van der Waals surface area contributed by atoms with Crippen LogP contribution in [-0.2, 0) is 11.0 Å². The third kappa shape index (κ3) is 4.94. The summed E-state index contributed by atoms with van der Waals surface area (Å²) in [6.45, 7) is 1.91. The summed E-state index contributed by atoms with van der Waals surface area (Å²) in [6.07, 6.45) is -4.41. The molecule has 24 heavy (non-hydrogen) atoms. The van der Waals surface area contributed by atoms with E-state index in [-0.39, 0.29) is 24.3 Å². The van der Waals surface area contributed by atoms with Gasteiger partial charge in [0.1, 0.15) is 0 Å². The molecule has 0 fully saturated rings. The number of carbonyl (C=O) groups excluding carboxylic acids is 2. The maximum Gasteiger partial charge on any atom is 0.416 e. The molecule has 0 aliphatic carbocycles. The summed E-state index contributed by atoms with van der Waals surface area (Å²) >= 11 is 0. The highest BCUT2D eigenvalue weighted by molar-refractivity contribution is 6.00. The molecule has 0 saturated heterocycles. The van der Waals surface area contributed by atoms with E-state index in [0.717, 1.165) is 17.7 Å². The second kappa shape index (κ2) is 7.29. The Morgan fingerprint density at radius 2 is 1.50 bits per heavy atom. The minimum absolute atomic E-state index is 0.0340. The number of anilines is 1. The van der Waals surface area contributed by atoms with Crippen LogP contribution in [-0.4, -0.2) is 11.7 Å². The van der Waals surface area contributed by atoms with Crippen LogP contribution in [0, 0.1) is 6.92 Å². The number of Topliss-reactive ketones (excluding diaryl/α,β-unsaturated/α-hetero) is 1. The van der Waals surface area contributed by atoms with E-state index < -0.39 is 17.6 Å². The molecule has 126 valence electrons. The lowest BCUT2D eigenvalue weighted by molar-refractivity contribution is -0.137. The van der Waals surface area contributed by atoms with Gasteiger partial charge in [0, 0.05) is 24.1 Å². The highest BCUT2D eigenvalue weighted by Gasteiger charge is 2.29. The molecule has 0 saturated carbocycles. The lowest BCUT2D eigenvalue weighted by atomic mass is 10.0. The van der Waals surface area contributed by atoms with Gasteiger partial charge in [-0.15, -0.1) is 0 Å². The smallest absolute Gasteiger partial charge is 0.326 e. The van der Waals surface area contributed by atoms with Crippen molar-refractivity contribution in [1.82, 2.24) is 0 Å². The number of benzene rings is 2. The molecule has 3 nitrogen and oxygen atoms in total. The highest BCUT2D eigenvalue weighted by atomic mass is 19.4. The Morgan fingerprint density at radius 3 is 2.04 bits per heavy atom. The van der Waals surface area contributed by atoms with E-state index in [1.807, 2.05) is 19.1 Å². The van der Waals surface area contributed by atoms with Gasteiger partial charge >= 0.3 is 6.18 Å². The van der Waals surface area contributed by atoms with Gasteiger partial charge in [-0.05, 0) is 31.2 Å². The number of rotatable bonds is 5. The number of hydrogen-bond donors (Lipinski definition) is 1. The number of halogens is 3. The van der Waals surface area contributed by atoms with E-state index >= 15 is 0 Å². The average Bonchev–Trinajstić information content (AvgIpc) is 2.53. The number of carbonyl (C=O) groups is 2. The van der Waals surface area contributed by atoms with E-state index in [0.29, 0.717) is 5.56 Å². The van der Waals surface area contributed by atoms with E-state index in [2.05, 4.69) is 5.32 Å². The van der Waals surface area contributed by atoms with E-state index in [9.17, 15) is 22.8 Å². The Morgan fingerprint density at radius 1 is 0.917 bits per heavy atom. The molecule has 2 aromatic carbocycles. The van der Waals surface area contributed by atoms with Crippen LogP contribution in [0.2, 0.25) is 0 Å². The van der Waals surface area contributed by atoms with Crippen LogP contribution in [0.1, 0.15) is 34.3 Å². The van der Waals surface area contributed by atoms with Crippen LogP contribution in [0.15, 0.2) is 48.5 Å². The molecule has 0 aliphatic heterocycles. The topological polar surface area (TPSA) is 46.2 Å². The van der Waals surface area contributed by atoms with Gasteiger partial charge in [-0.1, -0.05) is 29.8 Å². The summed E-state index contributed by atoms with van der Waals surface area (Å²) in [7, 11) is 0. The van der Waals surface area contributed by atoms with Crippen LogP contribution in [0.5, 0.6) is 0 Å². The fraction of sp³-hybridized carbons (Fsp3) is 0.222. The molecule has 0 unspecified atom stereocenters. The van der Waals surface area contributed by atoms with Crippen molar-refractivity contribution >= 4 is 17.4 Å². The van der Waals surface area contributed by atoms with Crippen molar-refractivity contribution in [1.29, 1.82) is 0 Å². The van der Waals surface area contributed by atoms with Gasteiger partial charge in [0.25, 0.3) is 0 Å². The molecule has 0 atom stereocenters. The molecule has 0 heterocycles. The second-order valence-corrected chi connectivity index (χ2v) is 5.41. The summed E-state index contributed by atoms with van der Waals surface area (Å²) in [5.74, 6) is -0.576. The van der Waals surface area contributed by atoms with Gasteiger partial charge < -0.3 is 5.32 Å². The number of ketones is 1. The first-order valence-electron chi connectivity index (χ1n) is 7.33. The zero-order chi connectivity index (χ0) is 17.7. The molecule has 6 heteroatoms. The van der Waals surface area contributed by atoms with Crippen molar-refractivity contribution in [2.45, 2.75) is 25.9 Å². The third-order valence-electron chi connectivity index (χ3n) is 3.45. The molecule has 2 rings (SSSR count). The molecular formula is C18H16F3NO2. The second-order valence-electron chi connectivity index (χ2n) is 5.41. The van der Waals surface area contributed by atoms with Gasteiger partial charge in [0.05, 0.1) is 5.56 Å². The largest absolute Gasteiger partial charge is 0.416 e. The summed E-state index contributed by atoms with van der Waals surface area (Å²) in [4.78, 5) is 23.8. The van der Waals surface area contributed by atoms with Gasteiger partial charge in [0.2, 0.25) is 5.91 Å². The number of aryl methyl sites for hydroxylation is 1. The minimum atomic E-state index is -4.41. The fourth-order valence-corrected chi connectivity index (χ4v) is 2.08. The Hall–Kier alpha value is -2.63. The van der Waals surface area contributed by atoms with Crippen molar-refractivity contribution in [3.05, 3.63) is 65.2 Å². The maximum absolute atomic E-state index is 12.5. The molecule has 0 bridgehead atoms. The first kappa shape index (κ1) is 17.7. The van der Waals surface area contributed by atoms with Gasteiger partial charge in [0.15, 0.2) is 5.78 Å². The van der Waals surface area contributed by atoms with Gasteiger partial charge in [-0.2, -0.15) is 13.2 Å². The van der Waals surface area contributed by atoms with E-state index in [1.54, 1.807) is 12.1 Å². The SMILES string of the molecule is Cc1ccc(C(=O)CCC(=O)Nc2ccc(C(F)(F)F)cc2)cc1. The highest BCUT2D eigenvalue weighted by Crippen LogP contribution is 2.29. The molecule has 0 aliphatic rings. The van der Waals surface area contributed by atoms with Gasteiger partial charge in [-0.3, -0.25) is 9.59 Å². The molecule has 1 amide bonds. The number of nitrogens with one attached hydrogen (secondary N) is 1. The predicted molar refractivity (Wildman–Crippen MR) is 84.8 cm³/mol. The zero-order valence-corrected chi connectivity index (χ0v) is 13.0. The number of hydrogen-bond acceptors (Lipinski definition) is 2. The predicted octanol–water partition coefficient (Wildman–Crippen LogP) is 4.62. The van der Waals surface area contributed by atoms with Crippen LogP contribution in [0.3, 0.4) is 0 Å². The lowest BCUT2D eigenvalue weighted by Crippen LogP contribution is -2.14. The fourth-order valence-electron chi connectivity index (χ4n) is 2.08. The first-order chi connectivity index (χ1) is 11.3.